The molecular formula is C17H20N2O4S. The summed E-state index contributed by atoms with van der Waals surface area (Å²) in [5, 5.41) is 8.97. The fraction of sp³-hybridized carbons (Fsp3) is 0.235. The van der Waals surface area contributed by atoms with E-state index in [0.29, 0.717) is 17.8 Å². The number of sulfonamides is 1. The molecule has 24 heavy (non-hydrogen) atoms. The number of carbonyl (C=O) groups excluding carboxylic acids is 1. The first-order chi connectivity index (χ1) is 11.5. The average Bonchev–Trinajstić information content (AvgIpc) is 2.59. The highest BCUT2D eigenvalue weighted by atomic mass is 32.2. The van der Waals surface area contributed by atoms with Crippen molar-refractivity contribution in [2.24, 2.45) is 0 Å². The highest BCUT2D eigenvalue weighted by Crippen LogP contribution is 2.17. The Morgan fingerprint density at radius 2 is 1.71 bits per heavy atom. The van der Waals surface area contributed by atoms with Gasteiger partial charge in [0.15, 0.2) is 0 Å². The average molecular weight is 348 g/mol. The largest absolute Gasteiger partial charge is 0.395 e. The fourth-order valence-corrected chi connectivity index (χ4v) is 3.26. The summed E-state index contributed by atoms with van der Waals surface area (Å²) < 4.78 is 27.2. The second-order valence-corrected chi connectivity index (χ2v) is 6.79. The Kier molecular flexibility index (Phi) is 5.94. The van der Waals surface area contributed by atoms with E-state index in [4.69, 9.17) is 5.11 Å². The molecule has 2 aromatic carbocycles. The Morgan fingerprint density at radius 1 is 1.08 bits per heavy atom. The van der Waals surface area contributed by atoms with Crippen LogP contribution in [0, 0.1) is 0 Å². The number of hydrogen-bond donors (Lipinski definition) is 2. The number of aliphatic hydroxyl groups is 1. The van der Waals surface area contributed by atoms with E-state index in [-0.39, 0.29) is 24.0 Å². The molecule has 0 atom stereocenters. The Bertz CT molecular complexity index is 774. The van der Waals surface area contributed by atoms with Crippen molar-refractivity contribution in [3.8, 4) is 0 Å². The first-order valence-electron chi connectivity index (χ1n) is 7.56. The quantitative estimate of drug-likeness (QED) is 0.801. The Hall–Kier alpha value is -2.38. The molecule has 0 unspecified atom stereocenters. The van der Waals surface area contributed by atoms with Gasteiger partial charge in [-0.25, -0.2) is 8.42 Å². The minimum atomic E-state index is -3.71. The molecule has 2 N–H and O–H groups in total. The number of aliphatic hydroxyl groups excluding tert-OH is 1. The predicted octanol–water partition coefficient (Wildman–Crippen LogP) is 1.94. The molecule has 0 aromatic heterocycles. The summed E-state index contributed by atoms with van der Waals surface area (Å²) in [6, 6.07) is 14.3. The first-order valence-corrected chi connectivity index (χ1v) is 9.04. The number of para-hydroxylation sites is 1. The summed E-state index contributed by atoms with van der Waals surface area (Å²) in [5.41, 5.74) is 0.849. The zero-order chi connectivity index (χ0) is 17.6. The number of anilines is 1. The third-order valence-corrected chi connectivity index (χ3v) is 4.87. The molecule has 0 bridgehead atoms. The van der Waals surface area contributed by atoms with Crippen molar-refractivity contribution >= 4 is 21.6 Å². The fourth-order valence-electron chi connectivity index (χ4n) is 2.20. The van der Waals surface area contributed by atoms with Crippen LogP contribution in [-0.2, 0) is 10.0 Å². The molecule has 128 valence electrons. The highest BCUT2D eigenvalue weighted by molar-refractivity contribution is 7.92. The number of rotatable bonds is 7. The van der Waals surface area contributed by atoms with Gasteiger partial charge in [-0.2, -0.15) is 0 Å². The van der Waals surface area contributed by atoms with Crippen molar-refractivity contribution in [2.45, 2.75) is 11.8 Å². The highest BCUT2D eigenvalue weighted by Gasteiger charge is 2.17. The van der Waals surface area contributed by atoms with Crippen LogP contribution >= 0.6 is 0 Å². The standard InChI is InChI=1S/C17H20N2O4S/c1-2-19(12-13-20)17(21)14-8-10-16(11-9-14)24(22,23)18-15-6-4-3-5-7-15/h3-11,18,20H,2,12-13H2,1H3. The molecule has 1 amide bonds. The Morgan fingerprint density at radius 3 is 2.25 bits per heavy atom. The summed E-state index contributed by atoms with van der Waals surface area (Å²) in [4.78, 5) is 13.8. The van der Waals surface area contributed by atoms with Gasteiger partial charge in [-0.3, -0.25) is 9.52 Å². The summed E-state index contributed by atoms with van der Waals surface area (Å²) in [6.07, 6.45) is 0. The smallest absolute Gasteiger partial charge is 0.261 e. The molecular weight excluding hydrogens is 328 g/mol. The molecule has 2 aromatic rings. The zero-order valence-electron chi connectivity index (χ0n) is 13.3. The van der Waals surface area contributed by atoms with Crippen LogP contribution in [-0.4, -0.2) is 44.0 Å². The van der Waals surface area contributed by atoms with Gasteiger partial charge in [0.1, 0.15) is 0 Å². The normalized spacial score (nSPS) is 11.1. The van der Waals surface area contributed by atoms with E-state index >= 15 is 0 Å². The third-order valence-electron chi connectivity index (χ3n) is 3.48. The SMILES string of the molecule is CCN(CCO)C(=O)c1ccc(S(=O)(=O)Nc2ccccc2)cc1. The van der Waals surface area contributed by atoms with Crippen LogP contribution in [0.2, 0.25) is 0 Å². The van der Waals surface area contributed by atoms with Gasteiger partial charge in [-0.05, 0) is 43.3 Å². The van der Waals surface area contributed by atoms with Gasteiger partial charge in [-0.1, -0.05) is 18.2 Å². The van der Waals surface area contributed by atoms with Crippen LogP contribution in [0.4, 0.5) is 5.69 Å². The number of likely N-dealkylation sites (N-methyl/N-ethyl adjacent to an activating group) is 1. The molecule has 0 aliphatic rings. The van der Waals surface area contributed by atoms with Gasteiger partial charge in [-0.15, -0.1) is 0 Å². The number of nitrogens with zero attached hydrogens (tertiary/aromatic N) is 1. The van der Waals surface area contributed by atoms with Crippen LogP contribution in [0.5, 0.6) is 0 Å². The Balaban J connectivity index is 2.18. The van der Waals surface area contributed by atoms with Crippen LogP contribution in [0.3, 0.4) is 0 Å². The second kappa shape index (κ2) is 7.94. The summed E-state index contributed by atoms with van der Waals surface area (Å²) in [7, 11) is -3.71. The van der Waals surface area contributed by atoms with E-state index in [0.717, 1.165) is 0 Å². The van der Waals surface area contributed by atoms with Crippen LogP contribution in [0.15, 0.2) is 59.5 Å². The minimum Gasteiger partial charge on any atom is -0.395 e. The maximum Gasteiger partial charge on any atom is 0.261 e. The van der Waals surface area contributed by atoms with E-state index in [9.17, 15) is 13.2 Å². The lowest BCUT2D eigenvalue weighted by Crippen LogP contribution is -2.33. The van der Waals surface area contributed by atoms with Crippen molar-refractivity contribution in [3.05, 3.63) is 60.2 Å². The lowest BCUT2D eigenvalue weighted by atomic mass is 10.2. The number of carbonyl (C=O) groups is 1. The molecule has 0 heterocycles. The molecule has 7 heteroatoms. The molecule has 0 saturated carbocycles. The van der Waals surface area contributed by atoms with E-state index in [2.05, 4.69) is 4.72 Å². The Labute approximate surface area is 141 Å². The summed E-state index contributed by atoms with van der Waals surface area (Å²) in [6.45, 7) is 2.41. The van der Waals surface area contributed by atoms with Crippen molar-refractivity contribution in [1.82, 2.24) is 4.90 Å². The first kappa shape index (κ1) is 18.0. The number of hydrogen-bond acceptors (Lipinski definition) is 4. The van der Waals surface area contributed by atoms with Gasteiger partial charge in [0.2, 0.25) is 0 Å². The van der Waals surface area contributed by atoms with Crippen molar-refractivity contribution < 1.29 is 18.3 Å². The van der Waals surface area contributed by atoms with E-state index in [1.54, 1.807) is 30.3 Å². The van der Waals surface area contributed by atoms with Gasteiger partial charge in [0, 0.05) is 24.3 Å². The molecule has 0 spiro atoms. The van der Waals surface area contributed by atoms with Crippen molar-refractivity contribution in [2.75, 3.05) is 24.4 Å². The molecule has 0 aliphatic carbocycles. The molecule has 0 fully saturated rings. The lowest BCUT2D eigenvalue weighted by Gasteiger charge is -2.19. The molecule has 6 nitrogen and oxygen atoms in total. The van der Waals surface area contributed by atoms with Gasteiger partial charge >= 0.3 is 0 Å². The number of nitrogens with one attached hydrogen (secondary N) is 1. The van der Waals surface area contributed by atoms with Crippen LogP contribution < -0.4 is 4.72 Å². The zero-order valence-corrected chi connectivity index (χ0v) is 14.2. The molecule has 0 saturated heterocycles. The van der Waals surface area contributed by atoms with Crippen LogP contribution in [0.25, 0.3) is 0 Å². The van der Waals surface area contributed by atoms with Gasteiger partial charge < -0.3 is 10.0 Å². The predicted molar refractivity (Wildman–Crippen MR) is 92.4 cm³/mol. The molecule has 0 aliphatic heterocycles. The van der Waals surface area contributed by atoms with E-state index in [1.165, 1.54) is 29.2 Å². The summed E-state index contributed by atoms with van der Waals surface area (Å²) >= 11 is 0. The van der Waals surface area contributed by atoms with Crippen LogP contribution in [0.1, 0.15) is 17.3 Å². The topological polar surface area (TPSA) is 86.7 Å². The van der Waals surface area contributed by atoms with Crippen molar-refractivity contribution in [1.29, 1.82) is 0 Å². The maximum atomic E-state index is 12.3. The number of amides is 1. The number of benzene rings is 2. The third kappa shape index (κ3) is 4.33. The van der Waals surface area contributed by atoms with Gasteiger partial charge in [0.05, 0.1) is 11.5 Å². The van der Waals surface area contributed by atoms with E-state index < -0.39 is 10.0 Å². The maximum absolute atomic E-state index is 12.3. The monoisotopic (exact) mass is 348 g/mol. The van der Waals surface area contributed by atoms with E-state index in [1.807, 2.05) is 6.92 Å². The second-order valence-electron chi connectivity index (χ2n) is 5.10. The molecule has 0 radical (unpaired) electrons. The lowest BCUT2D eigenvalue weighted by molar-refractivity contribution is 0.0732. The van der Waals surface area contributed by atoms with Crippen molar-refractivity contribution in [3.63, 3.8) is 0 Å². The van der Waals surface area contributed by atoms with Gasteiger partial charge in [0.25, 0.3) is 15.9 Å². The molecule has 2 rings (SSSR count). The minimum absolute atomic E-state index is 0.0770. The summed E-state index contributed by atoms with van der Waals surface area (Å²) in [5.74, 6) is -0.244.